The third kappa shape index (κ3) is 8.30. The molecule has 0 aliphatic heterocycles. The monoisotopic (exact) mass is 633 g/mol. The van der Waals surface area contributed by atoms with Gasteiger partial charge >= 0.3 is 0 Å². The van der Waals surface area contributed by atoms with Crippen molar-refractivity contribution in [3.63, 3.8) is 0 Å². The van der Waals surface area contributed by atoms with Gasteiger partial charge < -0.3 is 10.2 Å². The molecule has 1 atom stereocenters. The average Bonchev–Trinajstić information content (AvgIpc) is 2.88. The van der Waals surface area contributed by atoms with E-state index in [2.05, 4.69) is 21.2 Å². The van der Waals surface area contributed by atoms with Crippen LogP contribution in [-0.2, 0) is 26.2 Å². The maximum atomic E-state index is 13.9. The maximum absolute atomic E-state index is 13.9. The highest BCUT2D eigenvalue weighted by Crippen LogP contribution is 2.26. The van der Waals surface area contributed by atoms with Crippen LogP contribution < -0.4 is 9.62 Å². The summed E-state index contributed by atoms with van der Waals surface area (Å²) in [5.41, 5.74) is 1.98. The smallest absolute Gasteiger partial charge is 0.264 e. The van der Waals surface area contributed by atoms with Crippen molar-refractivity contribution in [3.8, 4) is 0 Å². The Morgan fingerprint density at radius 2 is 1.64 bits per heavy atom. The minimum atomic E-state index is -4.14. The molecule has 3 aromatic carbocycles. The van der Waals surface area contributed by atoms with E-state index in [-0.39, 0.29) is 23.3 Å². The number of halogens is 2. The number of nitrogens with one attached hydrogen (secondary N) is 1. The van der Waals surface area contributed by atoms with Gasteiger partial charge in [0.1, 0.15) is 12.6 Å². The van der Waals surface area contributed by atoms with Crippen LogP contribution in [0.4, 0.5) is 5.69 Å². The van der Waals surface area contributed by atoms with Gasteiger partial charge in [-0.2, -0.15) is 0 Å². The van der Waals surface area contributed by atoms with E-state index in [0.29, 0.717) is 17.3 Å². The molecule has 208 valence electrons. The molecule has 39 heavy (non-hydrogen) atoms. The molecule has 0 aliphatic carbocycles. The first-order valence-electron chi connectivity index (χ1n) is 12.5. The minimum Gasteiger partial charge on any atom is -0.354 e. The summed E-state index contributed by atoms with van der Waals surface area (Å²) in [6.45, 7) is 7.55. The summed E-state index contributed by atoms with van der Waals surface area (Å²) in [5, 5.41) is 3.28. The van der Waals surface area contributed by atoms with Gasteiger partial charge in [-0.3, -0.25) is 13.9 Å². The van der Waals surface area contributed by atoms with Crippen molar-refractivity contribution in [1.82, 2.24) is 10.2 Å². The van der Waals surface area contributed by atoms with E-state index >= 15 is 0 Å². The maximum Gasteiger partial charge on any atom is 0.264 e. The molecule has 0 bridgehead atoms. The van der Waals surface area contributed by atoms with Gasteiger partial charge in [-0.15, -0.1) is 0 Å². The van der Waals surface area contributed by atoms with Gasteiger partial charge in [0.2, 0.25) is 11.8 Å². The molecule has 0 radical (unpaired) electrons. The average molecular weight is 635 g/mol. The van der Waals surface area contributed by atoms with Crippen molar-refractivity contribution in [3.05, 3.63) is 93.4 Å². The van der Waals surface area contributed by atoms with Crippen LogP contribution >= 0.6 is 27.5 Å². The Labute approximate surface area is 244 Å². The molecule has 0 aliphatic rings. The zero-order valence-electron chi connectivity index (χ0n) is 22.4. The van der Waals surface area contributed by atoms with Gasteiger partial charge in [0.25, 0.3) is 10.0 Å². The standard InChI is InChI=1S/C29H33BrClN3O4S/c1-20(2)17-32-29(36)22(4)33(18-23-8-6-9-24(30)16-23)28(35)19-34(26-10-5-7-21(3)15-26)39(37,38)27-13-11-25(31)12-14-27/h5-16,20,22H,17-19H2,1-4H3,(H,32,36). The minimum absolute atomic E-state index is 0.00229. The van der Waals surface area contributed by atoms with Crippen molar-refractivity contribution in [2.45, 2.75) is 45.2 Å². The number of hydrogen-bond acceptors (Lipinski definition) is 4. The first-order valence-corrected chi connectivity index (χ1v) is 15.2. The molecular formula is C29H33BrClN3O4S. The highest BCUT2D eigenvalue weighted by molar-refractivity contribution is 9.10. The Morgan fingerprint density at radius 3 is 2.26 bits per heavy atom. The van der Waals surface area contributed by atoms with Crippen molar-refractivity contribution in [2.24, 2.45) is 5.92 Å². The van der Waals surface area contributed by atoms with Crippen molar-refractivity contribution >= 4 is 55.1 Å². The largest absolute Gasteiger partial charge is 0.354 e. The molecule has 0 fully saturated rings. The number of nitrogens with zero attached hydrogens (tertiary/aromatic N) is 2. The van der Waals surface area contributed by atoms with Crippen molar-refractivity contribution in [1.29, 1.82) is 0 Å². The predicted octanol–water partition coefficient (Wildman–Crippen LogP) is 5.80. The number of carbonyl (C=O) groups is 2. The Morgan fingerprint density at radius 1 is 0.974 bits per heavy atom. The number of rotatable bonds is 11. The number of carbonyl (C=O) groups excluding carboxylic acids is 2. The number of hydrogen-bond donors (Lipinski definition) is 1. The Hall–Kier alpha value is -2.88. The van der Waals surface area contributed by atoms with E-state index in [1.54, 1.807) is 25.1 Å². The molecule has 0 saturated heterocycles. The van der Waals surface area contributed by atoms with Crippen LogP contribution in [0.5, 0.6) is 0 Å². The fraction of sp³-hybridized carbons (Fsp3) is 0.310. The van der Waals surface area contributed by atoms with E-state index in [1.165, 1.54) is 29.2 Å². The zero-order chi connectivity index (χ0) is 28.7. The molecule has 0 spiro atoms. The zero-order valence-corrected chi connectivity index (χ0v) is 25.6. The van der Waals surface area contributed by atoms with Gasteiger partial charge in [-0.05, 0) is 79.4 Å². The molecule has 3 aromatic rings. The predicted molar refractivity (Wildman–Crippen MR) is 159 cm³/mol. The summed E-state index contributed by atoms with van der Waals surface area (Å²) in [5.74, 6) is -0.590. The first-order chi connectivity index (χ1) is 18.4. The van der Waals surface area contributed by atoms with Crippen LogP contribution in [0.15, 0.2) is 82.2 Å². The molecule has 10 heteroatoms. The molecule has 2 amide bonds. The number of aryl methyl sites for hydroxylation is 1. The molecule has 1 N–H and O–H groups in total. The summed E-state index contributed by atoms with van der Waals surface area (Å²) in [7, 11) is -4.14. The molecule has 0 saturated carbocycles. The second kappa shape index (κ2) is 13.5. The summed E-state index contributed by atoms with van der Waals surface area (Å²) in [6, 6.07) is 19.3. The molecule has 1 unspecified atom stereocenters. The Bertz CT molecular complexity index is 1410. The summed E-state index contributed by atoms with van der Waals surface area (Å²) in [6.07, 6.45) is 0. The number of anilines is 1. The van der Waals surface area contributed by atoms with Crippen LogP contribution in [0.3, 0.4) is 0 Å². The summed E-state index contributed by atoms with van der Waals surface area (Å²) >= 11 is 9.44. The Kier molecular flexibility index (Phi) is 10.6. The van der Waals surface area contributed by atoms with Gasteiger partial charge in [0, 0.05) is 22.6 Å². The van der Waals surface area contributed by atoms with Crippen molar-refractivity contribution in [2.75, 3.05) is 17.4 Å². The molecule has 0 aromatic heterocycles. The summed E-state index contributed by atoms with van der Waals surface area (Å²) in [4.78, 5) is 28.4. The highest BCUT2D eigenvalue weighted by Gasteiger charge is 2.32. The van der Waals surface area contributed by atoms with Crippen LogP contribution in [0.2, 0.25) is 5.02 Å². The van der Waals surface area contributed by atoms with Gasteiger partial charge in [-0.1, -0.05) is 65.6 Å². The third-order valence-electron chi connectivity index (χ3n) is 6.06. The number of benzene rings is 3. The fourth-order valence-electron chi connectivity index (χ4n) is 3.91. The third-order valence-corrected chi connectivity index (χ3v) is 8.60. The fourth-order valence-corrected chi connectivity index (χ4v) is 5.89. The van der Waals surface area contributed by atoms with Gasteiger partial charge in [-0.25, -0.2) is 8.42 Å². The second-order valence-electron chi connectivity index (χ2n) is 9.77. The molecular weight excluding hydrogens is 602 g/mol. The topological polar surface area (TPSA) is 86.8 Å². The van der Waals surface area contributed by atoms with Crippen molar-refractivity contribution < 1.29 is 18.0 Å². The lowest BCUT2D eigenvalue weighted by Gasteiger charge is -2.32. The SMILES string of the molecule is Cc1cccc(N(CC(=O)N(Cc2cccc(Br)c2)C(C)C(=O)NCC(C)C)S(=O)(=O)c2ccc(Cl)cc2)c1. The van der Waals surface area contributed by atoms with E-state index in [0.717, 1.165) is 19.9 Å². The highest BCUT2D eigenvalue weighted by atomic mass is 79.9. The lowest BCUT2D eigenvalue weighted by molar-refractivity contribution is -0.139. The number of amides is 2. The first kappa shape index (κ1) is 30.7. The van der Waals surface area contributed by atoms with E-state index in [4.69, 9.17) is 11.6 Å². The normalized spacial score (nSPS) is 12.2. The second-order valence-corrected chi connectivity index (χ2v) is 13.0. The van der Waals surface area contributed by atoms with Crippen LogP contribution in [-0.4, -0.2) is 44.3 Å². The lowest BCUT2D eigenvalue weighted by Crippen LogP contribution is -2.51. The van der Waals surface area contributed by atoms with E-state index < -0.39 is 28.5 Å². The van der Waals surface area contributed by atoms with E-state index in [9.17, 15) is 18.0 Å². The quantitative estimate of drug-likeness (QED) is 0.289. The van der Waals surface area contributed by atoms with Crippen LogP contribution in [0, 0.1) is 12.8 Å². The van der Waals surface area contributed by atoms with Gasteiger partial charge in [0.05, 0.1) is 10.6 Å². The van der Waals surface area contributed by atoms with Crippen LogP contribution in [0.1, 0.15) is 31.9 Å². The number of sulfonamides is 1. The van der Waals surface area contributed by atoms with Gasteiger partial charge in [0.15, 0.2) is 0 Å². The lowest BCUT2D eigenvalue weighted by atomic mass is 10.1. The summed E-state index contributed by atoms with van der Waals surface area (Å²) < 4.78 is 29.6. The Balaban J connectivity index is 2.01. The van der Waals surface area contributed by atoms with E-state index in [1.807, 2.05) is 51.1 Å². The molecule has 7 nitrogen and oxygen atoms in total. The van der Waals surface area contributed by atoms with Crippen LogP contribution in [0.25, 0.3) is 0 Å². The molecule has 3 rings (SSSR count). The molecule has 0 heterocycles.